The Bertz CT molecular complexity index is 363. The zero-order valence-corrected chi connectivity index (χ0v) is 10.5. The largest absolute Gasteiger partial charge is 0.381 e. The summed E-state index contributed by atoms with van der Waals surface area (Å²) in [5, 5.41) is 3.74. The van der Waals surface area contributed by atoms with E-state index >= 15 is 0 Å². The molecule has 0 bridgehead atoms. The summed E-state index contributed by atoms with van der Waals surface area (Å²) in [5.41, 5.74) is 2.76. The smallest absolute Gasteiger partial charge is 0.0602 e. The second kappa shape index (κ2) is 4.99. The van der Waals surface area contributed by atoms with Gasteiger partial charge < -0.3 is 10.2 Å². The van der Waals surface area contributed by atoms with Crippen LogP contribution in [0.1, 0.15) is 38.5 Å². The molecule has 92 valence electrons. The average Bonchev–Trinajstić information content (AvgIpc) is 3.01. The third-order valence-corrected chi connectivity index (χ3v) is 4.07. The topological polar surface area (TPSA) is 15.3 Å². The molecule has 0 spiro atoms. The van der Waals surface area contributed by atoms with E-state index in [0.717, 1.165) is 0 Å². The number of para-hydroxylation sites is 2. The molecular weight excluding hydrogens is 208 g/mol. The Morgan fingerprint density at radius 1 is 0.941 bits per heavy atom. The number of anilines is 2. The van der Waals surface area contributed by atoms with E-state index in [1.165, 1.54) is 63.0 Å². The lowest BCUT2D eigenvalue weighted by atomic mass is 10.2. The SMILES string of the molecule is c1ccc(N2CCCC2)c(NC2CCCC2)c1. The molecule has 1 aliphatic heterocycles. The van der Waals surface area contributed by atoms with Gasteiger partial charge in [0, 0.05) is 19.1 Å². The highest BCUT2D eigenvalue weighted by molar-refractivity contribution is 5.70. The molecule has 17 heavy (non-hydrogen) atoms. The van der Waals surface area contributed by atoms with Crippen molar-refractivity contribution in [2.75, 3.05) is 23.3 Å². The first-order valence-corrected chi connectivity index (χ1v) is 7.04. The summed E-state index contributed by atoms with van der Waals surface area (Å²) in [6.45, 7) is 2.45. The lowest BCUT2D eigenvalue weighted by molar-refractivity contribution is 0.754. The standard InChI is InChI=1S/C15H22N2/c1-2-8-13(7-1)16-14-9-3-4-10-15(14)17-11-5-6-12-17/h3-4,9-10,13,16H,1-2,5-8,11-12H2. The lowest BCUT2D eigenvalue weighted by Gasteiger charge is -2.24. The normalized spacial score (nSPS) is 21.1. The quantitative estimate of drug-likeness (QED) is 0.852. The van der Waals surface area contributed by atoms with Gasteiger partial charge in [-0.1, -0.05) is 25.0 Å². The fourth-order valence-electron chi connectivity index (χ4n) is 3.12. The van der Waals surface area contributed by atoms with Gasteiger partial charge in [-0.05, 0) is 37.8 Å². The summed E-state index contributed by atoms with van der Waals surface area (Å²) in [7, 11) is 0. The number of nitrogens with one attached hydrogen (secondary N) is 1. The van der Waals surface area contributed by atoms with E-state index < -0.39 is 0 Å². The summed E-state index contributed by atoms with van der Waals surface area (Å²) >= 11 is 0. The van der Waals surface area contributed by atoms with Gasteiger partial charge in [0.05, 0.1) is 11.4 Å². The van der Waals surface area contributed by atoms with Crippen molar-refractivity contribution >= 4 is 11.4 Å². The summed E-state index contributed by atoms with van der Waals surface area (Å²) in [6.07, 6.45) is 8.16. The number of rotatable bonds is 3. The molecule has 1 saturated carbocycles. The third-order valence-electron chi connectivity index (χ3n) is 4.07. The van der Waals surface area contributed by atoms with Crippen molar-refractivity contribution in [3.8, 4) is 0 Å². The van der Waals surface area contributed by atoms with Crippen LogP contribution in [0.25, 0.3) is 0 Å². The van der Waals surface area contributed by atoms with Gasteiger partial charge in [0.1, 0.15) is 0 Å². The highest BCUT2D eigenvalue weighted by atomic mass is 15.2. The van der Waals surface area contributed by atoms with Crippen molar-refractivity contribution in [2.45, 2.75) is 44.6 Å². The number of hydrogen-bond donors (Lipinski definition) is 1. The van der Waals surface area contributed by atoms with E-state index in [1.807, 2.05) is 0 Å². The third kappa shape index (κ3) is 2.41. The predicted molar refractivity (Wildman–Crippen MR) is 73.8 cm³/mol. The molecule has 1 heterocycles. The van der Waals surface area contributed by atoms with Crippen LogP contribution in [0.5, 0.6) is 0 Å². The van der Waals surface area contributed by atoms with E-state index in [-0.39, 0.29) is 0 Å². The molecule has 0 amide bonds. The van der Waals surface area contributed by atoms with Gasteiger partial charge >= 0.3 is 0 Å². The minimum Gasteiger partial charge on any atom is -0.381 e. The van der Waals surface area contributed by atoms with E-state index in [1.54, 1.807) is 0 Å². The fourth-order valence-corrected chi connectivity index (χ4v) is 3.12. The van der Waals surface area contributed by atoms with Crippen molar-refractivity contribution < 1.29 is 0 Å². The van der Waals surface area contributed by atoms with Crippen LogP contribution in [0.15, 0.2) is 24.3 Å². The maximum absolute atomic E-state index is 3.74. The summed E-state index contributed by atoms with van der Waals surface area (Å²) < 4.78 is 0. The Kier molecular flexibility index (Phi) is 3.21. The van der Waals surface area contributed by atoms with Gasteiger partial charge in [-0.15, -0.1) is 0 Å². The molecule has 2 aliphatic rings. The molecular formula is C15H22N2. The molecule has 0 unspecified atom stereocenters. The maximum atomic E-state index is 3.74. The van der Waals surface area contributed by atoms with Gasteiger partial charge in [-0.25, -0.2) is 0 Å². The molecule has 0 atom stereocenters. The molecule has 1 aromatic carbocycles. The van der Waals surface area contributed by atoms with Gasteiger partial charge in [-0.2, -0.15) is 0 Å². The molecule has 2 heteroatoms. The Morgan fingerprint density at radius 2 is 1.65 bits per heavy atom. The summed E-state index contributed by atoms with van der Waals surface area (Å²) in [4.78, 5) is 2.53. The number of hydrogen-bond acceptors (Lipinski definition) is 2. The molecule has 2 nitrogen and oxygen atoms in total. The van der Waals surface area contributed by atoms with Crippen LogP contribution >= 0.6 is 0 Å². The van der Waals surface area contributed by atoms with Gasteiger partial charge in [0.2, 0.25) is 0 Å². The van der Waals surface area contributed by atoms with Gasteiger partial charge in [-0.3, -0.25) is 0 Å². The Morgan fingerprint density at radius 3 is 2.41 bits per heavy atom. The molecule has 0 aromatic heterocycles. The molecule has 2 fully saturated rings. The van der Waals surface area contributed by atoms with Crippen molar-refractivity contribution in [3.05, 3.63) is 24.3 Å². The second-order valence-corrected chi connectivity index (χ2v) is 5.34. The molecule has 1 N–H and O–H groups in total. The Hall–Kier alpha value is -1.18. The first kappa shape index (κ1) is 10.9. The van der Waals surface area contributed by atoms with Crippen molar-refractivity contribution in [1.82, 2.24) is 0 Å². The van der Waals surface area contributed by atoms with Gasteiger partial charge in [0.15, 0.2) is 0 Å². The summed E-state index contributed by atoms with van der Waals surface area (Å²) in [5.74, 6) is 0. The number of benzene rings is 1. The first-order valence-electron chi connectivity index (χ1n) is 7.04. The summed E-state index contributed by atoms with van der Waals surface area (Å²) in [6, 6.07) is 9.53. The number of nitrogens with zero attached hydrogens (tertiary/aromatic N) is 1. The van der Waals surface area contributed by atoms with Crippen LogP contribution in [-0.2, 0) is 0 Å². The van der Waals surface area contributed by atoms with E-state index in [0.29, 0.717) is 6.04 Å². The van der Waals surface area contributed by atoms with E-state index in [4.69, 9.17) is 0 Å². The zero-order valence-electron chi connectivity index (χ0n) is 10.5. The molecule has 3 rings (SSSR count). The van der Waals surface area contributed by atoms with Crippen molar-refractivity contribution in [3.63, 3.8) is 0 Å². The van der Waals surface area contributed by atoms with E-state index in [9.17, 15) is 0 Å². The van der Waals surface area contributed by atoms with Crippen molar-refractivity contribution in [1.29, 1.82) is 0 Å². The van der Waals surface area contributed by atoms with E-state index in [2.05, 4.69) is 34.5 Å². The van der Waals surface area contributed by atoms with Crippen LogP contribution in [0.2, 0.25) is 0 Å². The maximum Gasteiger partial charge on any atom is 0.0602 e. The Balaban J connectivity index is 1.77. The van der Waals surface area contributed by atoms with Crippen LogP contribution in [0, 0.1) is 0 Å². The van der Waals surface area contributed by atoms with Crippen LogP contribution in [0.3, 0.4) is 0 Å². The van der Waals surface area contributed by atoms with Gasteiger partial charge in [0.25, 0.3) is 0 Å². The van der Waals surface area contributed by atoms with Crippen LogP contribution < -0.4 is 10.2 Å². The van der Waals surface area contributed by atoms with Crippen molar-refractivity contribution in [2.24, 2.45) is 0 Å². The second-order valence-electron chi connectivity index (χ2n) is 5.34. The first-order chi connectivity index (χ1) is 8.43. The molecule has 1 aromatic rings. The highest BCUT2D eigenvalue weighted by Gasteiger charge is 2.19. The van der Waals surface area contributed by atoms with Crippen LogP contribution in [-0.4, -0.2) is 19.1 Å². The molecule has 1 aliphatic carbocycles. The fraction of sp³-hybridized carbons (Fsp3) is 0.600. The monoisotopic (exact) mass is 230 g/mol. The minimum atomic E-state index is 0.707. The Labute approximate surface area is 104 Å². The average molecular weight is 230 g/mol. The minimum absolute atomic E-state index is 0.707. The zero-order chi connectivity index (χ0) is 11.5. The predicted octanol–water partition coefficient (Wildman–Crippen LogP) is 3.64. The van der Waals surface area contributed by atoms with Crippen LogP contribution in [0.4, 0.5) is 11.4 Å². The highest BCUT2D eigenvalue weighted by Crippen LogP contribution is 2.31. The molecule has 0 radical (unpaired) electrons. The molecule has 1 saturated heterocycles. The lowest BCUT2D eigenvalue weighted by Crippen LogP contribution is -2.22.